The van der Waals surface area contributed by atoms with E-state index in [-0.39, 0.29) is 25.2 Å². The van der Waals surface area contributed by atoms with Crippen molar-refractivity contribution in [2.24, 2.45) is 0 Å². The monoisotopic (exact) mass is 436 g/mol. The third-order valence-corrected chi connectivity index (χ3v) is 6.13. The molecule has 0 saturated carbocycles. The Labute approximate surface area is 161 Å². The topological polar surface area (TPSA) is 112 Å². The molecule has 1 aromatic carbocycles. The van der Waals surface area contributed by atoms with Gasteiger partial charge in [0.25, 0.3) is 0 Å². The van der Waals surface area contributed by atoms with Crippen molar-refractivity contribution in [3.05, 3.63) is 68.2 Å². The van der Waals surface area contributed by atoms with Gasteiger partial charge in [-0.2, -0.15) is 0 Å². The fourth-order valence-corrected chi connectivity index (χ4v) is 4.75. The zero-order valence-electron chi connectivity index (χ0n) is 14.6. The fourth-order valence-electron chi connectivity index (χ4n) is 3.18. The summed E-state index contributed by atoms with van der Waals surface area (Å²) in [5, 5.41) is 0. The predicted molar refractivity (Wildman–Crippen MR) is 92.3 cm³/mol. The second-order valence-corrected chi connectivity index (χ2v) is 8.43. The van der Waals surface area contributed by atoms with Gasteiger partial charge in [0.15, 0.2) is 0 Å². The Hall–Kier alpha value is -2.08. The van der Waals surface area contributed by atoms with Gasteiger partial charge < -0.3 is 0 Å². The number of benzene rings is 1. The number of aromatic amines is 1. The molecule has 0 aliphatic carbocycles. The maximum absolute atomic E-state index is 13.5. The SMILES string of the molecule is O=c1[nH]c(=O)n([C@H]2C[C@@H]3O[PH](O)(OCc4cc(F)cc(F)c4)OC[C@H]3O2)cc1F. The molecule has 2 fully saturated rings. The van der Waals surface area contributed by atoms with Crippen molar-refractivity contribution in [1.29, 1.82) is 0 Å². The van der Waals surface area contributed by atoms with E-state index < -0.39 is 55.3 Å². The second kappa shape index (κ2) is 7.63. The number of nitrogens with one attached hydrogen (secondary N) is 1. The average molecular weight is 436 g/mol. The Morgan fingerprint density at radius 2 is 1.93 bits per heavy atom. The zero-order chi connectivity index (χ0) is 20.8. The van der Waals surface area contributed by atoms with Gasteiger partial charge in [-0.25, -0.2) is 0 Å². The summed E-state index contributed by atoms with van der Waals surface area (Å²) in [6.45, 7) is -0.494. The van der Waals surface area contributed by atoms with Gasteiger partial charge in [-0.05, 0) is 0 Å². The van der Waals surface area contributed by atoms with E-state index in [1.807, 2.05) is 4.98 Å². The first-order chi connectivity index (χ1) is 13.7. The van der Waals surface area contributed by atoms with E-state index in [0.29, 0.717) is 6.07 Å². The fraction of sp³-hybridized carbons (Fsp3) is 0.375. The zero-order valence-corrected chi connectivity index (χ0v) is 15.6. The Morgan fingerprint density at radius 3 is 2.66 bits per heavy atom. The van der Waals surface area contributed by atoms with Crippen LogP contribution in [-0.2, 0) is 24.9 Å². The summed E-state index contributed by atoms with van der Waals surface area (Å²) in [6, 6.07) is 2.78. The van der Waals surface area contributed by atoms with Gasteiger partial charge in [0.2, 0.25) is 0 Å². The molecular weight excluding hydrogens is 420 g/mol. The van der Waals surface area contributed by atoms with Gasteiger partial charge in [0.05, 0.1) is 0 Å². The average Bonchev–Trinajstić information content (AvgIpc) is 3.05. The van der Waals surface area contributed by atoms with E-state index >= 15 is 0 Å². The molecule has 3 atom stereocenters. The van der Waals surface area contributed by atoms with E-state index in [1.165, 1.54) is 0 Å². The molecule has 158 valence electrons. The van der Waals surface area contributed by atoms with E-state index in [2.05, 4.69) is 0 Å². The van der Waals surface area contributed by atoms with Crippen LogP contribution in [0.5, 0.6) is 0 Å². The molecule has 13 heteroatoms. The van der Waals surface area contributed by atoms with Gasteiger partial charge in [0.1, 0.15) is 0 Å². The van der Waals surface area contributed by atoms with Gasteiger partial charge >= 0.3 is 160 Å². The normalized spacial score (nSPS) is 26.8. The number of nitrogens with zero attached hydrogens (tertiary/aromatic N) is 1. The summed E-state index contributed by atoms with van der Waals surface area (Å²) in [7, 11) is -4.15. The number of hydrogen-bond acceptors (Lipinski definition) is 7. The molecule has 2 saturated heterocycles. The molecule has 0 radical (unpaired) electrons. The Morgan fingerprint density at radius 1 is 1.21 bits per heavy atom. The van der Waals surface area contributed by atoms with Crippen LogP contribution in [0.4, 0.5) is 13.2 Å². The molecule has 0 unspecified atom stereocenters. The third-order valence-electron chi connectivity index (χ3n) is 4.49. The molecule has 9 nitrogen and oxygen atoms in total. The second-order valence-electron chi connectivity index (χ2n) is 6.57. The van der Waals surface area contributed by atoms with Crippen molar-refractivity contribution < 1.29 is 36.4 Å². The van der Waals surface area contributed by atoms with Gasteiger partial charge in [-0.1, -0.05) is 0 Å². The summed E-state index contributed by atoms with van der Waals surface area (Å²) >= 11 is 0. The van der Waals surface area contributed by atoms with Crippen LogP contribution in [0.15, 0.2) is 34.0 Å². The van der Waals surface area contributed by atoms with Crippen molar-refractivity contribution in [1.82, 2.24) is 9.55 Å². The number of halogens is 3. The molecule has 1 aromatic heterocycles. The molecule has 0 amide bonds. The van der Waals surface area contributed by atoms with Crippen LogP contribution in [0.2, 0.25) is 0 Å². The summed E-state index contributed by atoms with van der Waals surface area (Å²) in [5.41, 5.74) is -1.88. The van der Waals surface area contributed by atoms with Crippen LogP contribution < -0.4 is 11.2 Å². The number of rotatable bonds is 4. The summed E-state index contributed by atoms with van der Waals surface area (Å²) in [4.78, 5) is 35.3. The minimum absolute atomic E-state index is 0.0483. The van der Waals surface area contributed by atoms with Gasteiger partial charge in [0, 0.05) is 0 Å². The number of H-pyrrole nitrogens is 1. The third kappa shape index (κ3) is 4.27. The van der Waals surface area contributed by atoms with Crippen molar-refractivity contribution >= 4 is 8.17 Å². The van der Waals surface area contributed by atoms with E-state index in [9.17, 15) is 27.7 Å². The first kappa shape index (κ1) is 20.2. The Balaban J connectivity index is 1.44. The van der Waals surface area contributed by atoms with Crippen LogP contribution in [0, 0.1) is 17.5 Å². The van der Waals surface area contributed by atoms with E-state index in [1.54, 1.807) is 0 Å². The molecule has 2 aromatic rings. The van der Waals surface area contributed by atoms with E-state index in [0.717, 1.165) is 22.9 Å². The van der Waals surface area contributed by atoms with Crippen molar-refractivity contribution in [2.75, 3.05) is 6.61 Å². The standard InChI is InChI=1S/C16H16F3N2O7P/c17-9-1-8(2-10(18)3-9)6-25-29(24)26-7-13-12(28-29)4-14(27-13)21-5-11(19)15(22)20-16(21)23/h1-3,5,12-14,24,29H,4,6-7H2,(H,20,22,23)/t12-,13+,14+/m0/s1. The molecule has 29 heavy (non-hydrogen) atoms. The van der Waals surface area contributed by atoms with Gasteiger partial charge in [-0.3, -0.25) is 0 Å². The first-order valence-electron chi connectivity index (χ1n) is 8.52. The van der Waals surface area contributed by atoms with Crippen LogP contribution in [0.3, 0.4) is 0 Å². The molecule has 2 aliphatic rings. The van der Waals surface area contributed by atoms with Crippen LogP contribution in [-0.4, -0.2) is 33.3 Å². The molecule has 4 rings (SSSR count). The minimum atomic E-state index is -4.15. The van der Waals surface area contributed by atoms with E-state index in [4.69, 9.17) is 18.3 Å². The molecule has 0 spiro atoms. The number of fused-ring (bicyclic) bond motifs is 1. The van der Waals surface area contributed by atoms with Crippen molar-refractivity contribution in [3.63, 3.8) is 0 Å². The summed E-state index contributed by atoms with van der Waals surface area (Å²) in [6.07, 6.45) is -1.60. The Bertz CT molecular complexity index is 1030. The maximum atomic E-state index is 13.5. The van der Waals surface area contributed by atoms with Crippen LogP contribution >= 0.6 is 8.17 Å². The number of ether oxygens (including phenoxy) is 1. The molecule has 2 aliphatic heterocycles. The van der Waals surface area contributed by atoms with Crippen molar-refractivity contribution in [3.8, 4) is 0 Å². The first-order valence-corrected chi connectivity index (χ1v) is 10.2. The number of aromatic nitrogens is 2. The number of hydrogen-bond donors (Lipinski definition) is 2. The molecule has 3 heterocycles. The van der Waals surface area contributed by atoms with Crippen molar-refractivity contribution in [2.45, 2.75) is 31.5 Å². The molecule has 2 N–H and O–H groups in total. The van der Waals surface area contributed by atoms with Gasteiger partial charge in [-0.15, -0.1) is 0 Å². The summed E-state index contributed by atoms with van der Waals surface area (Å²) < 4.78 is 62.5. The quantitative estimate of drug-likeness (QED) is 0.695. The predicted octanol–water partition coefficient (Wildman–Crippen LogP) is 1.28. The summed E-state index contributed by atoms with van der Waals surface area (Å²) in [5.74, 6) is -2.75. The molecular formula is C16H16F3N2O7P. The van der Waals surface area contributed by atoms with Crippen LogP contribution in [0.1, 0.15) is 18.2 Å². The van der Waals surface area contributed by atoms with Crippen LogP contribution in [0.25, 0.3) is 0 Å². The Kier molecular flexibility index (Phi) is 5.32. The molecule has 0 bridgehead atoms.